The lowest BCUT2D eigenvalue weighted by Crippen LogP contribution is -2.31. The van der Waals surface area contributed by atoms with Gasteiger partial charge in [-0.3, -0.25) is 4.79 Å². The molecule has 0 bridgehead atoms. The lowest BCUT2D eigenvalue weighted by molar-refractivity contribution is -0.130. The Morgan fingerprint density at radius 3 is 2.70 bits per heavy atom. The molecule has 1 saturated carbocycles. The molecule has 4 heteroatoms. The van der Waals surface area contributed by atoms with E-state index in [1.54, 1.807) is 12.1 Å². The second kappa shape index (κ2) is 5.92. The second-order valence-electron chi connectivity index (χ2n) is 5.83. The van der Waals surface area contributed by atoms with E-state index < -0.39 is 0 Å². The van der Waals surface area contributed by atoms with Gasteiger partial charge < -0.3 is 9.64 Å². The van der Waals surface area contributed by atoms with Crippen LogP contribution in [0.3, 0.4) is 0 Å². The topological polar surface area (TPSA) is 29.5 Å². The number of hydrogen-bond donors (Lipinski definition) is 0. The summed E-state index contributed by atoms with van der Waals surface area (Å²) >= 11 is 0. The van der Waals surface area contributed by atoms with E-state index >= 15 is 0 Å². The van der Waals surface area contributed by atoms with Crippen molar-refractivity contribution in [3.63, 3.8) is 0 Å². The van der Waals surface area contributed by atoms with Gasteiger partial charge in [0.15, 0.2) is 0 Å². The van der Waals surface area contributed by atoms with Crippen LogP contribution in [0.5, 0.6) is 0 Å². The first-order chi connectivity index (χ1) is 9.70. The summed E-state index contributed by atoms with van der Waals surface area (Å²) in [6.45, 7) is 2.33. The smallest absolute Gasteiger partial charge is 0.227 e. The molecule has 2 fully saturated rings. The van der Waals surface area contributed by atoms with Gasteiger partial charge in [-0.2, -0.15) is 0 Å². The van der Waals surface area contributed by atoms with Crippen molar-refractivity contribution < 1.29 is 13.9 Å². The van der Waals surface area contributed by atoms with Crippen molar-refractivity contribution in [2.45, 2.75) is 31.8 Å². The molecule has 108 valence electrons. The van der Waals surface area contributed by atoms with Gasteiger partial charge in [-0.15, -0.1) is 0 Å². The predicted octanol–water partition coefficient (Wildman–Crippen LogP) is 2.40. The van der Waals surface area contributed by atoms with Crippen LogP contribution < -0.4 is 0 Å². The third kappa shape index (κ3) is 3.57. The molecule has 0 aromatic heterocycles. The van der Waals surface area contributed by atoms with Gasteiger partial charge in [0.2, 0.25) is 5.91 Å². The van der Waals surface area contributed by atoms with Crippen LogP contribution in [0.1, 0.15) is 24.8 Å². The standard InChI is InChI=1S/C16H20FNO2/c17-14-5-3-12(4-6-14)9-16(19)18-8-7-15(10-18)20-11-13-1-2-13/h3-6,13,15H,1-2,7-11H2. The number of halogens is 1. The van der Waals surface area contributed by atoms with E-state index in [4.69, 9.17) is 4.74 Å². The number of benzene rings is 1. The van der Waals surface area contributed by atoms with E-state index in [9.17, 15) is 9.18 Å². The van der Waals surface area contributed by atoms with Crippen molar-refractivity contribution in [3.05, 3.63) is 35.6 Å². The molecule has 1 saturated heterocycles. The van der Waals surface area contributed by atoms with Crippen molar-refractivity contribution >= 4 is 5.91 Å². The molecular formula is C16H20FNO2. The summed E-state index contributed by atoms with van der Waals surface area (Å²) in [7, 11) is 0. The molecule has 1 heterocycles. The number of rotatable bonds is 5. The van der Waals surface area contributed by atoms with Crippen LogP contribution in [-0.4, -0.2) is 36.6 Å². The SMILES string of the molecule is O=C(Cc1ccc(F)cc1)N1CCC(OCC2CC2)C1. The third-order valence-corrected chi connectivity index (χ3v) is 4.03. The van der Waals surface area contributed by atoms with E-state index in [1.807, 2.05) is 4.90 Å². The Morgan fingerprint density at radius 1 is 1.25 bits per heavy atom. The highest BCUT2D eigenvalue weighted by Gasteiger charge is 2.29. The van der Waals surface area contributed by atoms with Crippen LogP contribution >= 0.6 is 0 Å². The van der Waals surface area contributed by atoms with Crippen LogP contribution in [0, 0.1) is 11.7 Å². The van der Waals surface area contributed by atoms with Crippen molar-refractivity contribution in [3.8, 4) is 0 Å². The molecule has 1 aromatic carbocycles. The number of carbonyl (C=O) groups excluding carboxylic acids is 1. The second-order valence-corrected chi connectivity index (χ2v) is 5.83. The first-order valence-electron chi connectivity index (χ1n) is 7.34. The van der Waals surface area contributed by atoms with Gasteiger partial charge >= 0.3 is 0 Å². The highest BCUT2D eigenvalue weighted by molar-refractivity contribution is 5.79. The van der Waals surface area contributed by atoms with Crippen molar-refractivity contribution in [2.75, 3.05) is 19.7 Å². The zero-order valence-electron chi connectivity index (χ0n) is 11.6. The monoisotopic (exact) mass is 277 g/mol. The Labute approximate surface area is 118 Å². The Kier molecular flexibility index (Phi) is 4.01. The minimum Gasteiger partial charge on any atom is -0.376 e. The van der Waals surface area contributed by atoms with Gasteiger partial charge in [0, 0.05) is 19.7 Å². The lowest BCUT2D eigenvalue weighted by atomic mass is 10.1. The number of hydrogen-bond acceptors (Lipinski definition) is 2. The molecule has 2 aliphatic rings. The maximum atomic E-state index is 12.8. The number of likely N-dealkylation sites (tertiary alicyclic amines) is 1. The fraction of sp³-hybridized carbons (Fsp3) is 0.562. The largest absolute Gasteiger partial charge is 0.376 e. The fourth-order valence-electron chi connectivity index (χ4n) is 2.54. The van der Waals surface area contributed by atoms with Crippen LogP contribution in [0.15, 0.2) is 24.3 Å². The van der Waals surface area contributed by atoms with Gasteiger partial charge in [-0.1, -0.05) is 12.1 Å². The molecule has 0 radical (unpaired) electrons. The molecule has 1 aliphatic carbocycles. The van der Waals surface area contributed by atoms with Crippen LogP contribution in [-0.2, 0) is 16.0 Å². The van der Waals surface area contributed by atoms with Crippen LogP contribution in [0.25, 0.3) is 0 Å². The Morgan fingerprint density at radius 2 is 2.00 bits per heavy atom. The molecule has 1 unspecified atom stereocenters. The molecule has 20 heavy (non-hydrogen) atoms. The predicted molar refractivity (Wildman–Crippen MR) is 73.8 cm³/mol. The summed E-state index contributed by atoms with van der Waals surface area (Å²) in [5.74, 6) is 0.601. The van der Waals surface area contributed by atoms with Crippen molar-refractivity contribution in [1.29, 1.82) is 0 Å². The molecule has 0 N–H and O–H groups in total. The van der Waals surface area contributed by atoms with Crippen LogP contribution in [0.4, 0.5) is 4.39 Å². The molecular weight excluding hydrogens is 257 g/mol. The normalized spacial score (nSPS) is 22.2. The van der Waals surface area contributed by atoms with E-state index in [2.05, 4.69) is 0 Å². The van der Waals surface area contributed by atoms with Crippen molar-refractivity contribution in [1.82, 2.24) is 4.90 Å². The summed E-state index contributed by atoms with van der Waals surface area (Å²) < 4.78 is 18.6. The average molecular weight is 277 g/mol. The Balaban J connectivity index is 1.46. The van der Waals surface area contributed by atoms with E-state index in [0.29, 0.717) is 13.0 Å². The molecule has 1 aromatic rings. The zero-order valence-corrected chi connectivity index (χ0v) is 11.6. The molecule has 1 aliphatic heterocycles. The molecule has 0 spiro atoms. The quantitative estimate of drug-likeness (QED) is 0.827. The zero-order chi connectivity index (χ0) is 13.9. The number of amides is 1. The van der Waals surface area contributed by atoms with E-state index in [1.165, 1.54) is 25.0 Å². The van der Waals surface area contributed by atoms with Gasteiger partial charge in [-0.05, 0) is 42.9 Å². The van der Waals surface area contributed by atoms with Crippen molar-refractivity contribution in [2.24, 2.45) is 5.92 Å². The maximum absolute atomic E-state index is 12.8. The third-order valence-electron chi connectivity index (χ3n) is 4.03. The highest BCUT2D eigenvalue weighted by atomic mass is 19.1. The van der Waals surface area contributed by atoms with E-state index in [0.717, 1.165) is 31.1 Å². The van der Waals surface area contributed by atoms with Gasteiger partial charge in [-0.25, -0.2) is 4.39 Å². The number of ether oxygens (including phenoxy) is 1. The minimum atomic E-state index is -0.268. The first-order valence-corrected chi connectivity index (χ1v) is 7.34. The minimum absolute atomic E-state index is 0.106. The molecule has 3 rings (SSSR count). The fourth-order valence-corrected chi connectivity index (χ4v) is 2.54. The van der Waals surface area contributed by atoms with Crippen LogP contribution in [0.2, 0.25) is 0 Å². The van der Waals surface area contributed by atoms with Gasteiger partial charge in [0.05, 0.1) is 12.5 Å². The summed E-state index contributed by atoms with van der Waals surface area (Å²) in [6, 6.07) is 6.14. The summed E-state index contributed by atoms with van der Waals surface area (Å²) in [5.41, 5.74) is 0.860. The van der Waals surface area contributed by atoms with E-state index in [-0.39, 0.29) is 17.8 Å². The molecule has 3 nitrogen and oxygen atoms in total. The number of nitrogens with zero attached hydrogens (tertiary/aromatic N) is 1. The Bertz CT molecular complexity index is 470. The number of carbonyl (C=O) groups is 1. The maximum Gasteiger partial charge on any atom is 0.227 e. The average Bonchev–Trinajstić information content (AvgIpc) is 3.15. The van der Waals surface area contributed by atoms with Gasteiger partial charge in [0.25, 0.3) is 0 Å². The molecule has 1 atom stereocenters. The summed E-state index contributed by atoms with van der Waals surface area (Å²) in [4.78, 5) is 14.0. The first kappa shape index (κ1) is 13.6. The summed E-state index contributed by atoms with van der Waals surface area (Å²) in [6.07, 6.45) is 4.06. The molecule has 1 amide bonds. The highest BCUT2D eigenvalue weighted by Crippen LogP contribution is 2.30. The summed E-state index contributed by atoms with van der Waals surface area (Å²) in [5, 5.41) is 0. The Hall–Kier alpha value is -1.42. The lowest BCUT2D eigenvalue weighted by Gasteiger charge is -2.17. The van der Waals surface area contributed by atoms with Gasteiger partial charge in [0.1, 0.15) is 5.82 Å².